The third-order valence-corrected chi connectivity index (χ3v) is 0.813. The largest absolute Gasteiger partial charge is 0.253 e. The fourth-order valence-corrected chi connectivity index (χ4v) is 0.454. The first-order valence-electron chi connectivity index (χ1n) is 2.63. The van der Waals surface area contributed by atoms with Crippen LogP contribution in [-0.2, 0) is 0 Å². The van der Waals surface area contributed by atoms with Crippen LogP contribution in [0.3, 0.4) is 0 Å². The van der Waals surface area contributed by atoms with Crippen LogP contribution in [0.15, 0.2) is 25.3 Å². The fraction of sp³-hybridized carbons (Fsp3) is 0.333. The average Bonchev–Trinajstić information content (AvgIpc) is 1.68. The number of nitrogens with two attached hydrogens (primary N) is 1. The smallest absolute Gasteiger partial charge is 0.113 e. The summed E-state index contributed by atoms with van der Waals surface area (Å²) >= 11 is 0. The molecule has 0 aliphatic rings. The Balaban J connectivity index is 3.16. The second-order valence-corrected chi connectivity index (χ2v) is 1.64. The topological polar surface area (TPSA) is 30.5 Å². The van der Waals surface area contributed by atoms with Gasteiger partial charge in [0.25, 0.3) is 0 Å². The summed E-state index contributed by atoms with van der Waals surface area (Å²) in [6.07, 6.45) is 3.58. The molecule has 46 valence electrons. The fourth-order valence-electron chi connectivity index (χ4n) is 0.454. The van der Waals surface area contributed by atoms with Gasteiger partial charge in [-0.2, -0.15) is 5.84 Å². The third kappa shape index (κ3) is 3.59. The van der Waals surface area contributed by atoms with Crippen LogP contribution in [0.2, 0.25) is 0 Å². The first kappa shape index (κ1) is 7.40. The van der Waals surface area contributed by atoms with E-state index in [0.29, 0.717) is 0 Å². The van der Waals surface area contributed by atoms with Crippen molar-refractivity contribution in [1.82, 2.24) is 0 Å². The summed E-state index contributed by atoms with van der Waals surface area (Å²) in [5.41, 5.74) is 0. The molecule has 0 aromatic rings. The minimum absolute atomic E-state index is 0.798. The molecule has 0 aliphatic carbocycles. The number of rotatable bonds is 4. The van der Waals surface area contributed by atoms with Crippen molar-refractivity contribution in [1.29, 1.82) is 0 Å². The number of nitrogens with one attached hydrogen (secondary N) is 1. The van der Waals surface area contributed by atoms with Gasteiger partial charge in [0.15, 0.2) is 0 Å². The van der Waals surface area contributed by atoms with E-state index in [1.165, 1.54) is 0 Å². The summed E-state index contributed by atoms with van der Waals surface area (Å²) in [4.78, 5) is 0. The van der Waals surface area contributed by atoms with Crippen molar-refractivity contribution >= 4 is 0 Å². The standard InChI is InChI=1S/C6H12N2/c1-3-5-8(7)6-4-2/h3-4H,1-2,5-7H2/p+1. The lowest BCUT2D eigenvalue weighted by Crippen LogP contribution is -3.17. The Morgan fingerprint density at radius 1 is 1.25 bits per heavy atom. The zero-order chi connectivity index (χ0) is 6.41. The van der Waals surface area contributed by atoms with Crippen LogP contribution in [0.1, 0.15) is 0 Å². The van der Waals surface area contributed by atoms with E-state index < -0.39 is 0 Å². The number of quaternary nitrogens is 1. The molecule has 0 amide bonds. The lowest BCUT2D eigenvalue weighted by molar-refractivity contribution is -0.900. The van der Waals surface area contributed by atoms with Gasteiger partial charge in [0.05, 0.1) is 0 Å². The molecule has 0 spiro atoms. The molecule has 0 saturated heterocycles. The minimum atomic E-state index is 0.798. The van der Waals surface area contributed by atoms with Crippen LogP contribution >= 0.6 is 0 Å². The van der Waals surface area contributed by atoms with Crippen molar-refractivity contribution in [2.45, 2.75) is 0 Å². The van der Waals surface area contributed by atoms with Crippen LogP contribution in [0.4, 0.5) is 0 Å². The molecule has 0 rings (SSSR count). The molecule has 0 aromatic heterocycles. The molecule has 2 heteroatoms. The maximum atomic E-state index is 5.47. The van der Waals surface area contributed by atoms with Gasteiger partial charge in [0.1, 0.15) is 13.1 Å². The van der Waals surface area contributed by atoms with Crippen molar-refractivity contribution in [2.24, 2.45) is 5.84 Å². The van der Waals surface area contributed by atoms with E-state index in [9.17, 15) is 0 Å². The number of hydrogen-bond acceptors (Lipinski definition) is 1. The van der Waals surface area contributed by atoms with Gasteiger partial charge in [-0.25, -0.2) is 0 Å². The predicted molar refractivity (Wildman–Crippen MR) is 35.3 cm³/mol. The Morgan fingerprint density at radius 2 is 1.62 bits per heavy atom. The SMILES string of the molecule is C=CC[NH+](N)CC=C. The Labute approximate surface area is 50.3 Å². The van der Waals surface area contributed by atoms with Gasteiger partial charge in [-0.3, -0.25) is 5.01 Å². The van der Waals surface area contributed by atoms with Gasteiger partial charge < -0.3 is 0 Å². The van der Waals surface area contributed by atoms with Gasteiger partial charge in [-0.1, -0.05) is 13.2 Å². The second-order valence-electron chi connectivity index (χ2n) is 1.64. The van der Waals surface area contributed by atoms with Crippen LogP contribution < -0.4 is 10.9 Å². The van der Waals surface area contributed by atoms with E-state index in [1.807, 2.05) is 0 Å². The summed E-state index contributed by atoms with van der Waals surface area (Å²) in [5, 5.41) is 0.926. The summed E-state index contributed by atoms with van der Waals surface area (Å²) < 4.78 is 0. The predicted octanol–water partition coefficient (Wildman–Crippen LogP) is -0.883. The first-order valence-corrected chi connectivity index (χ1v) is 2.63. The normalized spacial score (nSPS) is 9.25. The van der Waals surface area contributed by atoms with Gasteiger partial charge in [0, 0.05) is 0 Å². The molecule has 3 N–H and O–H groups in total. The Hall–Kier alpha value is -0.600. The molecule has 8 heavy (non-hydrogen) atoms. The second kappa shape index (κ2) is 4.56. The summed E-state index contributed by atoms with van der Waals surface area (Å²) in [5.74, 6) is 5.47. The molecule has 2 nitrogen and oxygen atoms in total. The average molecular weight is 113 g/mol. The van der Waals surface area contributed by atoms with E-state index in [0.717, 1.165) is 18.1 Å². The molecule has 0 radical (unpaired) electrons. The van der Waals surface area contributed by atoms with Gasteiger partial charge in [-0.15, -0.1) is 0 Å². The van der Waals surface area contributed by atoms with E-state index in [1.54, 1.807) is 12.2 Å². The molecule has 0 bridgehead atoms. The van der Waals surface area contributed by atoms with Crippen molar-refractivity contribution in [2.75, 3.05) is 13.1 Å². The van der Waals surface area contributed by atoms with Crippen LogP contribution in [0.5, 0.6) is 0 Å². The lowest BCUT2D eigenvalue weighted by atomic mass is 10.5. The maximum absolute atomic E-state index is 5.47. The van der Waals surface area contributed by atoms with E-state index in [4.69, 9.17) is 5.84 Å². The van der Waals surface area contributed by atoms with Gasteiger partial charge in [-0.05, 0) is 12.2 Å². The zero-order valence-electron chi connectivity index (χ0n) is 5.06. The minimum Gasteiger partial charge on any atom is -0.253 e. The number of hydrogen-bond donors (Lipinski definition) is 2. The highest BCUT2D eigenvalue weighted by Crippen LogP contribution is 1.50. The van der Waals surface area contributed by atoms with Crippen molar-refractivity contribution in [3.05, 3.63) is 25.3 Å². The van der Waals surface area contributed by atoms with E-state index >= 15 is 0 Å². The van der Waals surface area contributed by atoms with Crippen molar-refractivity contribution < 1.29 is 5.01 Å². The van der Waals surface area contributed by atoms with Gasteiger partial charge >= 0.3 is 0 Å². The van der Waals surface area contributed by atoms with E-state index in [2.05, 4.69) is 13.2 Å². The molecule has 0 atom stereocenters. The Morgan fingerprint density at radius 3 is 1.88 bits per heavy atom. The zero-order valence-corrected chi connectivity index (χ0v) is 5.06. The first-order chi connectivity index (χ1) is 3.81. The highest BCUT2D eigenvalue weighted by atomic mass is 15.4. The molecule has 0 aliphatic heterocycles. The molecule has 0 fully saturated rings. The Kier molecular flexibility index (Phi) is 4.21. The van der Waals surface area contributed by atoms with E-state index in [-0.39, 0.29) is 0 Å². The summed E-state index contributed by atoms with van der Waals surface area (Å²) in [7, 11) is 0. The van der Waals surface area contributed by atoms with Crippen LogP contribution in [0.25, 0.3) is 0 Å². The lowest BCUT2D eigenvalue weighted by Gasteiger charge is -2.05. The quantitative estimate of drug-likeness (QED) is 0.277. The molecule has 0 unspecified atom stereocenters. The monoisotopic (exact) mass is 113 g/mol. The molecular weight excluding hydrogens is 100 g/mol. The van der Waals surface area contributed by atoms with Gasteiger partial charge in [0.2, 0.25) is 0 Å². The molecular formula is C6H13N2+. The molecule has 0 saturated carbocycles. The van der Waals surface area contributed by atoms with Crippen molar-refractivity contribution in [3.8, 4) is 0 Å². The summed E-state index contributed by atoms with van der Waals surface area (Å²) in [6.45, 7) is 8.69. The third-order valence-electron chi connectivity index (χ3n) is 0.813. The summed E-state index contributed by atoms with van der Waals surface area (Å²) in [6, 6.07) is 0. The molecule has 0 heterocycles. The highest BCUT2D eigenvalue weighted by molar-refractivity contribution is 4.66. The van der Waals surface area contributed by atoms with Crippen LogP contribution in [-0.4, -0.2) is 13.1 Å². The maximum Gasteiger partial charge on any atom is 0.113 e. The van der Waals surface area contributed by atoms with Crippen LogP contribution in [0, 0.1) is 0 Å². The molecule has 0 aromatic carbocycles. The highest BCUT2D eigenvalue weighted by Gasteiger charge is 1.90. The van der Waals surface area contributed by atoms with Crippen molar-refractivity contribution in [3.63, 3.8) is 0 Å². The Bertz CT molecular complexity index is 68.6.